The summed E-state index contributed by atoms with van der Waals surface area (Å²) in [7, 11) is 0. The van der Waals surface area contributed by atoms with E-state index >= 15 is 0 Å². The second kappa shape index (κ2) is 6.63. The van der Waals surface area contributed by atoms with Gasteiger partial charge in [0.1, 0.15) is 0 Å². The zero-order chi connectivity index (χ0) is 15.6. The average Bonchev–Trinajstić information content (AvgIpc) is 2.79. The van der Waals surface area contributed by atoms with Crippen LogP contribution >= 0.6 is 11.6 Å². The van der Waals surface area contributed by atoms with Gasteiger partial charge < -0.3 is 5.32 Å². The molecule has 0 aliphatic rings. The van der Waals surface area contributed by atoms with Gasteiger partial charge in [0.05, 0.1) is 5.69 Å². The van der Waals surface area contributed by atoms with Crippen LogP contribution in [0.1, 0.15) is 45.0 Å². The summed E-state index contributed by atoms with van der Waals surface area (Å²) in [5, 5.41) is 8.75. The highest BCUT2D eigenvalue weighted by Crippen LogP contribution is 2.28. The molecular formula is C17H24ClN3. The lowest BCUT2D eigenvalue weighted by Crippen LogP contribution is -2.21. The van der Waals surface area contributed by atoms with Crippen molar-refractivity contribution in [3.05, 3.63) is 40.7 Å². The van der Waals surface area contributed by atoms with Gasteiger partial charge in [-0.15, -0.1) is 0 Å². The lowest BCUT2D eigenvalue weighted by molar-refractivity contribution is 0.529. The molecule has 0 atom stereocenters. The third-order valence-corrected chi connectivity index (χ3v) is 3.86. The van der Waals surface area contributed by atoms with Crippen LogP contribution in [0.4, 0.5) is 0 Å². The van der Waals surface area contributed by atoms with Crippen molar-refractivity contribution in [2.75, 3.05) is 0 Å². The van der Waals surface area contributed by atoms with Crippen LogP contribution in [0.2, 0.25) is 5.02 Å². The van der Waals surface area contributed by atoms with Crippen molar-refractivity contribution >= 4 is 11.6 Å². The Kier molecular flexibility index (Phi) is 5.07. The van der Waals surface area contributed by atoms with Crippen LogP contribution in [-0.4, -0.2) is 15.8 Å². The molecule has 2 rings (SSSR count). The number of halogens is 1. The van der Waals surface area contributed by atoms with Gasteiger partial charge >= 0.3 is 0 Å². The summed E-state index contributed by atoms with van der Waals surface area (Å²) in [6, 6.07) is 7.07. The van der Waals surface area contributed by atoms with Gasteiger partial charge in [-0.1, -0.05) is 37.6 Å². The number of hydrogen-bond donors (Lipinski definition) is 1. The number of aromatic nitrogens is 2. The van der Waals surface area contributed by atoms with E-state index in [1.165, 1.54) is 0 Å². The van der Waals surface area contributed by atoms with Crippen LogP contribution in [0, 0.1) is 6.92 Å². The van der Waals surface area contributed by atoms with E-state index in [0.29, 0.717) is 12.1 Å². The van der Waals surface area contributed by atoms with E-state index in [4.69, 9.17) is 11.6 Å². The molecule has 0 saturated carbocycles. The third-order valence-electron chi connectivity index (χ3n) is 3.51. The van der Waals surface area contributed by atoms with E-state index in [-0.39, 0.29) is 0 Å². The summed E-state index contributed by atoms with van der Waals surface area (Å²) in [5.74, 6) is 0. The lowest BCUT2D eigenvalue weighted by Gasteiger charge is -2.10. The number of hydrogen-bond acceptors (Lipinski definition) is 2. The van der Waals surface area contributed by atoms with Crippen molar-refractivity contribution < 1.29 is 0 Å². The molecule has 0 aliphatic heterocycles. The zero-order valence-corrected chi connectivity index (χ0v) is 14.2. The maximum Gasteiger partial charge on any atom is 0.0672 e. The molecule has 1 aromatic heterocycles. The van der Waals surface area contributed by atoms with Crippen LogP contribution < -0.4 is 5.32 Å². The minimum Gasteiger partial charge on any atom is -0.310 e. The summed E-state index contributed by atoms with van der Waals surface area (Å²) >= 11 is 6.42. The molecular weight excluding hydrogens is 282 g/mol. The van der Waals surface area contributed by atoms with Crippen molar-refractivity contribution in [1.82, 2.24) is 15.1 Å². The predicted octanol–water partition coefficient (Wildman–Crippen LogP) is 4.59. The minimum absolute atomic E-state index is 0.363. The third kappa shape index (κ3) is 3.86. The first-order chi connectivity index (χ1) is 9.88. The van der Waals surface area contributed by atoms with Crippen LogP contribution in [0.3, 0.4) is 0 Å². The predicted molar refractivity (Wildman–Crippen MR) is 89.8 cm³/mol. The molecule has 0 fully saturated rings. The van der Waals surface area contributed by atoms with Crippen LogP contribution in [0.15, 0.2) is 24.4 Å². The molecule has 21 heavy (non-hydrogen) atoms. The normalized spacial score (nSPS) is 11.6. The van der Waals surface area contributed by atoms with Crippen LogP contribution in [0.25, 0.3) is 11.1 Å². The average molecular weight is 306 g/mol. The van der Waals surface area contributed by atoms with Crippen molar-refractivity contribution in [1.29, 1.82) is 0 Å². The molecule has 0 spiro atoms. The highest BCUT2D eigenvalue weighted by Gasteiger charge is 2.11. The van der Waals surface area contributed by atoms with Gasteiger partial charge in [0, 0.05) is 35.4 Å². The smallest absolute Gasteiger partial charge is 0.0672 e. The van der Waals surface area contributed by atoms with E-state index < -0.39 is 0 Å². The molecule has 0 bridgehead atoms. The zero-order valence-electron chi connectivity index (χ0n) is 13.4. The van der Waals surface area contributed by atoms with E-state index in [0.717, 1.165) is 34.0 Å². The number of aryl methyl sites for hydroxylation is 1. The molecule has 0 amide bonds. The summed E-state index contributed by atoms with van der Waals surface area (Å²) in [6.45, 7) is 11.4. The molecule has 0 aliphatic carbocycles. The summed E-state index contributed by atoms with van der Waals surface area (Å²) in [4.78, 5) is 0. The van der Waals surface area contributed by atoms with Crippen LogP contribution in [-0.2, 0) is 6.54 Å². The first-order valence-corrected chi connectivity index (χ1v) is 7.84. The Morgan fingerprint density at radius 2 is 1.95 bits per heavy atom. The molecule has 0 unspecified atom stereocenters. The SMILES string of the molecule is Cc1nn(C(C)C)cc1-c1ccc(CNC(C)C)c(Cl)c1. The molecule has 114 valence electrons. The Labute approximate surface area is 132 Å². The van der Waals surface area contributed by atoms with Crippen molar-refractivity contribution in [2.45, 2.75) is 53.2 Å². The first kappa shape index (κ1) is 16.1. The Bertz CT molecular complexity index is 614. The van der Waals surface area contributed by atoms with Crippen molar-refractivity contribution in [3.8, 4) is 11.1 Å². The molecule has 1 aromatic carbocycles. The second-order valence-corrected chi connectivity index (χ2v) is 6.45. The molecule has 4 heteroatoms. The van der Waals surface area contributed by atoms with Gasteiger partial charge in [-0.3, -0.25) is 4.68 Å². The quantitative estimate of drug-likeness (QED) is 0.875. The fraction of sp³-hybridized carbons (Fsp3) is 0.471. The molecule has 2 aromatic rings. The van der Waals surface area contributed by atoms with Gasteiger partial charge in [-0.25, -0.2) is 0 Å². The highest BCUT2D eigenvalue weighted by molar-refractivity contribution is 6.31. The number of rotatable bonds is 5. The number of benzene rings is 1. The Morgan fingerprint density at radius 1 is 1.24 bits per heavy atom. The molecule has 1 N–H and O–H groups in total. The van der Waals surface area contributed by atoms with E-state index in [1.807, 2.05) is 17.7 Å². The lowest BCUT2D eigenvalue weighted by atomic mass is 10.0. The van der Waals surface area contributed by atoms with E-state index in [9.17, 15) is 0 Å². The van der Waals surface area contributed by atoms with Gasteiger partial charge in [0.25, 0.3) is 0 Å². The maximum absolute atomic E-state index is 6.42. The van der Waals surface area contributed by atoms with Crippen molar-refractivity contribution in [3.63, 3.8) is 0 Å². The fourth-order valence-corrected chi connectivity index (χ4v) is 2.45. The van der Waals surface area contributed by atoms with Gasteiger partial charge in [0.2, 0.25) is 0 Å². The van der Waals surface area contributed by atoms with E-state index in [1.54, 1.807) is 0 Å². The Hall–Kier alpha value is -1.32. The number of nitrogens with zero attached hydrogens (tertiary/aromatic N) is 2. The largest absolute Gasteiger partial charge is 0.310 e. The monoisotopic (exact) mass is 305 g/mol. The van der Waals surface area contributed by atoms with Crippen molar-refractivity contribution in [2.24, 2.45) is 0 Å². The standard InChI is InChI=1S/C17H24ClN3/c1-11(2)19-9-15-7-6-14(8-17(15)18)16-10-21(12(3)4)20-13(16)5/h6-8,10-12,19H,9H2,1-5H3. The number of nitrogens with one attached hydrogen (secondary N) is 1. The Morgan fingerprint density at radius 3 is 2.48 bits per heavy atom. The van der Waals surface area contributed by atoms with E-state index in [2.05, 4.69) is 56.4 Å². The molecule has 1 heterocycles. The minimum atomic E-state index is 0.363. The van der Waals surface area contributed by atoms with Crippen LogP contribution in [0.5, 0.6) is 0 Å². The molecule has 0 saturated heterocycles. The van der Waals surface area contributed by atoms with Gasteiger partial charge in [0.15, 0.2) is 0 Å². The Balaban J connectivity index is 2.27. The maximum atomic E-state index is 6.42. The molecule has 0 radical (unpaired) electrons. The highest BCUT2D eigenvalue weighted by atomic mass is 35.5. The molecule has 3 nitrogen and oxygen atoms in total. The van der Waals surface area contributed by atoms with Gasteiger partial charge in [-0.05, 0) is 38.0 Å². The fourth-order valence-electron chi connectivity index (χ4n) is 2.20. The van der Waals surface area contributed by atoms with Gasteiger partial charge in [-0.2, -0.15) is 5.10 Å². The summed E-state index contributed by atoms with van der Waals surface area (Å²) < 4.78 is 1.99. The topological polar surface area (TPSA) is 29.9 Å². The summed E-state index contributed by atoms with van der Waals surface area (Å²) in [6.07, 6.45) is 2.09. The second-order valence-electron chi connectivity index (χ2n) is 6.04. The summed E-state index contributed by atoms with van der Waals surface area (Å²) in [5.41, 5.74) is 4.43. The first-order valence-electron chi connectivity index (χ1n) is 7.46.